The van der Waals surface area contributed by atoms with E-state index in [-0.39, 0.29) is 62.0 Å². The summed E-state index contributed by atoms with van der Waals surface area (Å²) in [5.74, 6) is -2.28. The van der Waals surface area contributed by atoms with Crippen molar-refractivity contribution in [3.8, 4) is 11.5 Å². The van der Waals surface area contributed by atoms with Crippen molar-refractivity contribution in [3.63, 3.8) is 0 Å². The van der Waals surface area contributed by atoms with Crippen LogP contribution in [0, 0.1) is 17.8 Å². The van der Waals surface area contributed by atoms with Crippen LogP contribution in [-0.4, -0.2) is 85.4 Å². The summed E-state index contributed by atoms with van der Waals surface area (Å²) >= 11 is 0. The van der Waals surface area contributed by atoms with Crippen molar-refractivity contribution in [1.29, 1.82) is 0 Å². The summed E-state index contributed by atoms with van der Waals surface area (Å²) in [6.07, 6.45) is 19.9. The number of hydrogen-bond donors (Lipinski definition) is 4. The van der Waals surface area contributed by atoms with Crippen LogP contribution in [0.1, 0.15) is 153 Å². The van der Waals surface area contributed by atoms with Gasteiger partial charge in [0.15, 0.2) is 0 Å². The van der Waals surface area contributed by atoms with E-state index in [1.165, 1.54) is 68.3 Å². The van der Waals surface area contributed by atoms with Crippen molar-refractivity contribution in [3.05, 3.63) is 108 Å². The van der Waals surface area contributed by atoms with Gasteiger partial charge in [-0.25, -0.2) is 13.2 Å². The third-order valence-corrected chi connectivity index (χ3v) is 16.4. The van der Waals surface area contributed by atoms with E-state index in [4.69, 9.17) is 24.2 Å². The number of unbranched alkanes of at least 4 members (excludes halogenated alkanes) is 11. The SMILES string of the molecule is C=CCOC12Oc3ccc(OC(=O)NCCCCCCCCCCCC)cc3C3C(CCCCO)C(CCCCO)C=C(C(=NOCc4ccccc4)CC1N(CCC)S(=O)(=O)c1ccc(NC(C)=O)cc1)C32. The second kappa shape index (κ2) is 29.1. The predicted octanol–water partition coefficient (Wildman–Crippen LogP) is 11.6. The Bertz CT molecular complexity index is 2380. The number of fused-ring (bicyclic) bond motifs is 2. The molecule has 2 amide bonds. The summed E-state index contributed by atoms with van der Waals surface area (Å²) in [5, 5.41) is 30.7. The number of oxime groups is 1. The molecule has 3 aromatic rings. The predicted molar refractivity (Wildman–Crippen MR) is 287 cm³/mol. The van der Waals surface area contributed by atoms with E-state index in [9.17, 15) is 19.8 Å². The highest BCUT2D eigenvalue weighted by Gasteiger charge is 2.66. The topological polar surface area (TPSA) is 185 Å². The fraction of sp³-hybridized carbons (Fsp3) is 0.569. The first-order valence-electron chi connectivity index (χ1n) is 27.1. The molecule has 6 atom stereocenters. The number of benzene rings is 3. The molecule has 15 heteroatoms. The summed E-state index contributed by atoms with van der Waals surface area (Å²) < 4.78 is 52.6. The quantitative estimate of drug-likeness (QED) is 0.0266. The Morgan fingerprint density at radius 3 is 2.21 bits per heavy atom. The zero-order valence-electron chi connectivity index (χ0n) is 43.6. The number of aliphatic hydroxyl groups excluding tert-OH is 2. The van der Waals surface area contributed by atoms with Crippen molar-refractivity contribution in [1.82, 2.24) is 9.62 Å². The highest BCUT2D eigenvalue weighted by Crippen LogP contribution is 2.62. The maximum absolute atomic E-state index is 15.3. The van der Waals surface area contributed by atoms with Gasteiger partial charge < -0.3 is 39.9 Å². The lowest BCUT2D eigenvalue weighted by atomic mass is 9.55. The number of carbonyl (C=O) groups excluding carboxylic acids is 2. The number of nitrogens with zero attached hydrogens (tertiary/aromatic N) is 2. The molecule has 2 aliphatic carbocycles. The van der Waals surface area contributed by atoms with E-state index in [1.54, 1.807) is 30.3 Å². The molecule has 0 spiro atoms. The van der Waals surface area contributed by atoms with E-state index in [2.05, 4.69) is 30.2 Å². The third kappa shape index (κ3) is 15.3. The van der Waals surface area contributed by atoms with Gasteiger partial charge in [-0.1, -0.05) is 132 Å². The van der Waals surface area contributed by atoms with Crippen LogP contribution in [0.5, 0.6) is 11.5 Å². The Balaban J connectivity index is 1.44. The summed E-state index contributed by atoms with van der Waals surface area (Å²) in [4.78, 5) is 31.6. The number of carbonyl (C=O) groups is 2. The van der Waals surface area contributed by atoms with Crippen molar-refractivity contribution >= 4 is 33.4 Å². The van der Waals surface area contributed by atoms with E-state index in [0.717, 1.165) is 48.8 Å². The lowest BCUT2D eigenvalue weighted by molar-refractivity contribution is -0.251. The standard InChI is InChI=1S/C58H82N4O10S/c1-5-8-9-10-11-12-13-14-15-21-34-59-57(66)71-47-30-33-53-51(40-47)55-49(27-20-23-37-64)45(26-19-22-36-63)39-50-52(61-70-42-44-24-17-16-18-25-44)41-54(58(72-53,56(50)55)69-38-7-3)62(35-6-2)73(67,68)48-31-28-46(29-32-48)60-43(4)65/h7,16-18,24-25,28-33,39-40,45,49,54-56,63-64H,3,5-6,8-15,19-23,26-27,34-38,41-42H2,1-2,4H3,(H,59,66)(H,60,65). The van der Waals surface area contributed by atoms with Gasteiger partial charge in [0.2, 0.25) is 21.7 Å². The van der Waals surface area contributed by atoms with Crippen LogP contribution in [0.15, 0.2) is 107 Å². The molecule has 14 nitrogen and oxygen atoms in total. The molecule has 1 saturated carbocycles. The van der Waals surface area contributed by atoms with Crippen LogP contribution >= 0.6 is 0 Å². The van der Waals surface area contributed by atoms with E-state index in [0.29, 0.717) is 61.5 Å². The molecule has 73 heavy (non-hydrogen) atoms. The molecule has 0 saturated heterocycles. The molecule has 0 radical (unpaired) electrons. The Hall–Kier alpha value is -5.06. The lowest BCUT2D eigenvalue weighted by Crippen LogP contribution is -2.70. The number of allylic oxidation sites excluding steroid dienone is 1. The Kier molecular flexibility index (Phi) is 22.8. The van der Waals surface area contributed by atoms with Crippen LogP contribution in [-0.2, 0) is 31.0 Å². The van der Waals surface area contributed by atoms with E-state index >= 15 is 8.42 Å². The lowest BCUT2D eigenvalue weighted by Gasteiger charge is -2.59. The van der Waals surface area contributed by atoms with Crippen molar-refractivity contribution < 1.29 is 47.3 Å². The fourth-order valence-electron chi connectivity index (χ4n) is 11.1. The highest BCUT2D eigenvalue weighted by molar-refractivity contribution is 7.89. The summed E-state index contributed by atoms with van der Waals surface area (Å²) in [6, 6.07) is 20.2. The van der Waals surface area contributed by atoms with Crippen molar-refractivity contribution in [2.75, 3.05) is 38.2 Å². The maximum atomic E-state index is 15.3. The summed E-state index contributed by atoms with van der Waals surface area (Å²) in [7, 11) is -4.30. The molecular weight excluding hydrogens is 945 g/mol. The molecule has 4 N–H and O–H groups in total. The average molecular weight is 1030 g/mol. The number of hydrogen-bond acceptors (Lipinski definition) is 11. The Morgan fingerprint density at radius 1 is 0.863 bits per heavy atom. The van der Waals surface area contributed by atoms with Crippen LogP contribution in [0.3, 0.4) is 0 Å². The maximum Gasteiger partial charge on any atom is 0.412 e. The van der Waals surface area contributed by atoms with Gasteiger partial charge in [0.05, 0.1) is 29.2 Å². The molecule has 1 aliphatic heterocycles. The number of aliphatic hydroxyl groups is 2. The molecule has 1 heterocycles. The minimum atomic E-state index is -4.30. The first-order chi connectivity index (χ1) is 35.5. The largest absolute Gasteiger partial charge is 0.460 e. The monoisotopic (exact) mass is 1030 g/mol. The van der Waals surface area contributed by atoms with Gasteiger partial charge in [-0.3, -0.25) is 4.79 Å². The smallest absolute Gasteiger partial charge is 0.412 e. The molecule has 3 aliphatic rings. The Labute approximate surface area is 435 Å². The Morgan fingerprint density at radius 2 is 1.55 bits per heavy atom. The minimum Gasteiger partial charge on any atom is -0.460 e. The number of sulfonamides is 1. The van der Waals surface area contributed by atoms with Crippen LogP contribution in [0.2, 0.25) is 0 Å². The molecule has 0 aromatic heterocycles. The number of nitrogens with one attached hydrogen (secondary N) is 2. The third-order valence-electron chi connectivity index (χ3n) is 14.5. The van der Waals surface area contributed by atoms with Crippen LogP contribution in [0.4, 0.5) is 10.5 Å². The average Bonchev–Trinajstić information content (AvgIpc) is 3.38. The molecule has 3 aromatic carbocycles. The molecule has 400 valence electrons. The van der Waals surface area contributed by atoms with Crippen LogP contribution in [0.25, 0.3) is 0 Å². The molecule has 6 rings (SSSR count). The van der Waals surface area contributed by atoms with Gasteiger partial charge in [0.25, 0.3) is 0 Å². The van der Waals surface area contributed by atoms with E-state index in [1.807, 2.05) is 43.3 Å². The number of anilines is 1. The second-order valence-corrected chi connectivity index (χ2v) is 21.7. The first kappa shape index (κ1) is 57.2. The van der Waals surface area contributed by atoms with Crippen LogP contribution < -0.4 is 20.1 Å². The zero-order valence-corrected chi connectivity index (χ0v) is 44.4. The normalized spacial score (nSPS) is 21.6. The first-order valence-corrected chi connectivity index (χ1v) is 28.5. The second-order valence-electron chi connectivity index (χ2n) is 19.9. The summed E-state index contributed by atoms with van der Waals surface area (Å²) in [6.45, 7) is 10.5. The van der Waals surface area contributed by atoms with Gasteiger partial charge in [-0.15, -0.1) is 6.58 Å². The van der Waals surface area contributed by atoms with Gasteiger partial charge in [-0.2, -0.15) is 4.31 Å². The molecule has 1 fully saturated rings. The van der Waals surface area contributed by atoms with Crippen molar-refractivity contribution in [2.24, 2.45) is 22.9 Å². The van der Waals surface area contributed by atoms with E-state index < -0.39 is 39.8 Å². The van der Waals surface area contributed by atoms with Gasteiger partial charge in [0, 0.05) is 56.8 Å². The number of amides is 2. The fourth-order valence-corrected chi connectivity index (χ4v) is 12.8. The summed E-state index contributed by atoms with van der Waals surface area (Å²) in [5.41, 5.74) is 3.56. The number of rotatable bonds is 32. The zero-order chi connectivity index (χ0) is 52.1. The molecular formula is C58H82N4O10S. The van der Waals surface area contributed by atoms with Gasteiger partial charge in [0.1, 0.15) is 18.1 Å². The number of ether oxygens (including phenoxy) is 3. The van der Waals surface area contributed by atoms with Crippen molar-refractivity contribution in [2.45, 2.75) is 166 Å². The highest BCUT2D eigenvalue weighted by atomic mass is 32.2. The minimum absolute atomic E-state index is 0.0280. The van der Waals surface area contributed by atoms with Gasteiger partial charge >= 0.3 is 6.09 Å². The molecule has 0 bridgehead atoms. The van der Waals surface area contributed by atoms with Gasteiger partial charge in [-0.05, 0) is 104 Å². The molecule has 6 unspecified atom stereocenters.